The van der Waals surface area contributed by atoms with Gasteiger partial charge in [0.05, 0.1) is 10.6 Å². The maximum atomic E-state index is 11.7. The molecule has 1 atom stereocenters. The minimum Gasteiger partial charge on any atom is -0.480 e. The van der Waals surface area contributed by atoms with Crippen LogP contribution in [0.1, 0.15) is 16.8 Å². The number of carboxylic acid groups (broad SMARTS) is 1. The van der Waals surface area contributed by atoms with Crippen LogP contribution in [-0.4, -0.2) is 39.7 Å². The predicted molar refractivity (Wildman–Crippen MR) is 59.8 cm³/mol. The van der Waals surface area contributed by atoms with E-state index in [4.69, 9.17) is 21.8 Å². The molecule has 0 aliphatic rings. The third-order valence-electron chi connectivity index (χ3n) is 2.03. The summed E-state index contributed by atoms with van der Waals surface area (Å²) in [6, 6.07) is 0.280. The molecule has 1 aromatic heterocycles. The van der Waals surface area contributed by atoms with E-state index in [0.717, 1.165) is 0 Å². The molecule has 1 heterocycles. The van der Waals surface area contributed by atoms with Gasteiger partial charge in [0.1, 0.15) is 6.04 Å². The number of amides is 1. The number of pyridine rings is 1. The Bertz CT molecular complexity index is 425. The summed E-state index contributed by atoms with van der Waals surface area (Å²) in [5.74, 6) is -1.85. The number of halogens is 1. The van der Waals surface area contributed by atoms with Gasteiger partial charge in [-0.3, -0.25) is 9.78 Å². The standard InChI is InChI=1S/C10H11ClN2O4/c11-7-1-3-12-5-6(7)9(15)13-8(2-4-14)10(16)17/h1,3,5,8,14H,2,4H2,(H,13,15)(H,16,17)/t8-/m0/s1. The van der Waals surface area contributed by atoms with Crippen LogP contribution in [0.4, 0.5) is 0 Å². The minimum atomic E-state index is -1.22. The molecule has 0 aliphatic carbocycles. The van der Waals surface area contributed by atoms with Crippen molar-refractivity contribution in [2.75, 3.05) is 6.61 Å². The Morgan fingerprint density at radius 2 is 2.24 bits per heavy atom. The normalized spacial score (nSPS) is 11.9. The van der Waals surface area contributed by atoms with Gasteiger partial charge >= 0.3 is 5.97 Å². The highest BCUT2D eigenvalue weighted by molar-refractivity contribution is 6.33. The van der Waals surface area contributed by atoms with Gasteiger partial charge in [0.15, 0.2) is 0 Å². The fraction of sp³-hybridized carbons (Fsp3) is 0.300. The summed E-state index contributed by atoms with van der Waals surface area (Å²) in [6.07, 6.45) is 2.59. The Hall–Kier alpha value is -1.66. The third kappa shape index (κ3) is 3.69. The average molecular weight is 259 g/mol. The highest BCUT2D eigenvalue weighted by atomic mass is 35.5. The van der Waals surface area contributed by atoms with Crippen LogP contribution in [0.5, 0.6) is 0 Å². The highest BCUT2D eigenvalue weighted by Gasteiger charge is 2.21. The SMILES string of the molecule is O=C(N[C@@H](CCO)C(=O)O)c1cnccc1Cl. The van der Waals surface area contributed by atoms with Crippen molar-refractivity contribution in [1.29, 1.82) is 0 Å². The second-order valence-corrected chi connectivity index (χ2v) is 3.64. The molecule has 0 unspecified atom stereocenters. The van der Waals surface area contributed by atoms with Crippen molar-refractivity contribution in [3.63, 3.8) is 0 Å². The second kappa shape index (κ2) is 6.17. The lowest BCUT2D eigenvalue weighted by atomic mass is 10.2. The van der Waals surface area contributed by atoms with Crippen molar-refractivity contribution in [3.05, 3.63) is 29.0 Å². The first kappa shape index (κ1) is 13.4. The average Bonchev–Trinajstić information content (AvgIpc) is 2.28. The molecule has 1 rings (SSSR count). The molecule has 0 bridgehead atoms. The van der Waals surface area contributed by atoms with E-state index in [2.05, 4.69) is 10.3 Å². The van der Waals surface area contributed by atoms with Crippen LogP contribution >= 0.6 is 11.6 Å². The van der Waals surface area contributed by atoms with E-state index in [0.29, 0.717) is 0 Å². The van der Waals surface area contributed by atoms with Crippen LogP contribution < -0.4 is 5.32 Å². The number of aromatic nitrogens is 1. The molecule has 92 valence electrons. The smallest absolute Gasteiger partial charge is 0.326 e. The lowest BCUT2D eigenvalue weighted by Crippen LogP contribution is -2.41. The van der Waals surface area contributed by atoms with Crippen LogP contribution in [0.15, 0.2) is 18.5 Å². The summed E-state index contributed by atoms with van der Waals surface area (Å²) in [5, 5.41) is 19.9. The van der Waals surface area contributed by atoms with E-state index in [1.165, 1.54) is 18.5 Å². The number of carbonyl (C=O) groups is 2. The van der Waals surface area contributed by atoms with Gasteiger partial charge in [0.2, 0.25) is 0 Å². The van der Waals surface area contributed by atoms with Crippen molar-refractivity contribution < 1.29 is 19.8 Å². The van der Waals surface area contributed by atoms with Crippen LogP contribution in [0.3, 0.4) is 0 Å². The van der Waals surface area contributed by atoms with E-state index in [-0.39, 0.29) is 23.6 Å². The molecular weight excluding hydrogens is 248 g/mol. The number of carbonyl (C=O) groups excluding carboxylic acids is 1. The fourth-order valence-electron chi connectivity index (χ4n) is 1.17. The molecular formula is C10H11ClN2O4. The Labute approximate surface area is 102 Å². The first-order valence-corrected chi connectivity index (χ1v) is 5.18. The summed E-state index contributed by atoms with van der Waals surface area (Å²) in [4.78, 5) is 26.2. The minimum absolute atomic E-state index is 0.0705. The second-order valence-electron chi connectivity index (χ2n) is 3.23. The van der Waals surface area contributed by atoms with Gasteiger partial charge in [-0.2, -0.15) is 0 Å². The molecule has 3 N–H and O–H groups in total. The molecule has 0 aromatic carbocycles. The van der Waals surface area contributed by atoms with Gasteiger partial charge < -0.3 is 15.5 Å². The Balaban J connectivity index is 2.77. The largest absolute Gasteiger partial charge is 0.480 e. The molecule has 6 nitrogen and oxygen atoms in total. The molecule has 0 aliphatic heterocycles. The van der Waals surface area contributed by atoms with E-state index < -0.39 is 17.9 Å². The predicted octanol–water partition coefficient (Wildman–Crippen LogP) is 0.300. The lowest BCUT2D eigenvalue weighted by Gasteiger charge is -2.13. The van der Waals surface area contributed by atoms with Gasteiger partial charge in [-0.1, -0.05) is 11.6 Å². The number of nitrogens with zero attached hydrogens (tertiary/aromatic N) is 1. The first-order chi connectivity index (χ1) is 8.06. The van der Waals surface area contributed by atoms with Crippen molar-refractivity contribution in [1.82, 2.24) is 10.3 Å². The molecule has 0 fully saturated rings. The highest BCUT2D eigenvalue weighted by Crippen LogP contribution is 2.13. The molecule has 0 saturated carbocycles. The zero-order valence-electron chi connectivity index (χ0n) is 8.76. The molecule has 17 heavy (non-hydrogen) atoms. The van der Waals surface area contributed by atoms with Gasteiger partial charge in [-0.05, 0) is 6.07 Å². The summed E-state index contributed by atoms with van der Waals surface area (Å²) >= 11 is 5.76. The molecule has 0 radical (unpaired) electrons. The third-order valence-corrected chi connectivity index (χ3v) is 2.36. The Morgan fingerprint density at radius 1 is 1.53 bits per heavy atom. The molecule has 0 saturated heterocycles. The van der Waals surface area contributed by atoms with Gasteiger partial charge in [-0.25, -0.2) is 4.79 Å². The lowest BCUT2D eigenvalue weighted by molar-refractivity contribution is -0.139. The van der Waals surface area contributed by atoms with Crippen molar-refractivity contribution in [3.8, 4) is 0 Å². The van der Waals surface area contributed by atoms with E-state index >= 15 is 0 Å². The van der Waals surface area contributed by atoms with Crippen LogP contribution in [0.25, 0.3) is 0 Å². The summed E-state index contributed by atoms with van der Waals surface area (Å²) in [5.41, 5.74) is 0.0957. The van der Waals surface area contributed by atoms with Gasteiger partial charge in [-0.15, -0.1) is 0 Å². The molecule has 0 spiro atoms. The number of hydrogen-bond acceptors (Lipinski definition) is 4. The zero-order chi connectivity index (χ0) is 12.8. The molecule has 1 amide bonds. The number of nitrogens with one attached hydrogen (secondary N) is 1. The summed E-state index contributed by atoms with van der Waals surface area (Å²) < 4.78 is 0. The topological polar surface area (TPSA) is 99.5 Å². The van der Waals surface area contributed by atoms with Crippen LogP contribution in [0, 0.1) is 0 Å². The van der Waals surface area contributed by atoms with E-state index in [1.807, 2.05) is 0 Å². The van der Waals surface area contributed by atoms with Crippen molar-refractivity contribution in [2.24, 2.45) is 0 Å². The van der Waals surface area contributed by atoms with Crippen LogP contribution in [0.2, 0.25) is 5.02 Å². The van der Waals surface area contributed by atoms with Crippen LogP contribution in [-0.2, 0) is 4.79 Å². The number of aliphatic carboxylic acids is 1. The molecule has 7 heteroatoms. The number of aliphatic hydroxyl groups excluding tert-OH is 1. The van der Waals surface area contributed by atoms with Crippen molar-refractivity contribution >= 4 is 23.5 Å². The first-order valence-electron chi connectivity index (χ1n) is 4.80. The fourth-order valence-corrected chi connectivity index (χ4v) is 1.36. The monoisotopic (exact) mass is 258 g/mol. The zero-order valence-corrected chi connectivity index (χ0v) is 9.52. The summed E-state index contributed by atoms with van der Waals surface area (Å²) in [7, 11) is 0. The number of aliphatic hydroxyl groups is 1. The number of carboxylic acids is 1. The van der Waals surface area contributed by atoms with E-state index in [1.54, 1.807) is 0 Å². The van der Waals surface area contributed by atoms with Gasteiger partial charge in [0, 0.05) is 25.4 Å². The number of rotatable bonds is 5. The Kier molecular flexibility index (Phi) is 4.86. The van der Waals surface area contributed by atoms with E-state index in [9.17, 15) is 9.59 Å². The quantitative estimate of drug-likeness (QED) is 0.705. The van der Waals surface area contributed by atoms with Crippen molar-refractivity contribution in [2.45, 2.75) is 12.5 Å². The van der Waals surface area contributed by atoms with Gasteiger partial charge in [0.25, 0.3) is 5.91 Å². The number of hydrogen-bond donors (Lipinski definition) is 3. The summed E-state index contributed by atoms with van der Waals surface area (Å²) in [6.45, 7) is -0.335. The Morgan fingerprint density at radius 3 is 2.76 bits per heavy atom. The maximum Gasteiger partial charge on any atom is 0.326 e. The molecule has 1 aromatic rings. The maximum absolute atomic E-state index is 11.7.